The van der Waals surface area contributed by atoms with Crippen LogP contribution < -0.4 is 10.6 Å². The first-order chi connectivity index (χ1) is 9.08. The molecule has 4 nitrogen and oxygen atoms in total. The van der Waals surface area contributed by atoms with E-state index in [1.54, 1.807) is 0 Å². The van der Waals surface area contributed by atoms with Crippen molar-refractivity contribution < 1.29 is 0 Å². The smallest absolute Gasteiger partial charge is 0.131 e. The van der Waals surface area contributed by atoms with E-state index in [-0.39, 0.29) is 0 Å². The summed E-state index contributed by atoms with van der Waals surface area (Å²) in [5.41, 5.74) is 8.04. The van der Waals surface area contributed by atoms with Gasteiger partial charge in [-0.25, -0.2) is 9.97 Å². The maximum absolute atomic E-state index is 5.90. The third-order valence-electron chi connectivity index (χ3n) is 4.11. The van der Waals surface area contributed by atoms with Crippen LogP contribution in [0.5, 0.6) is 0 Å². The van der Waals surface area contributed by atoms with E-state index in [9.17, 15) is 0 Å². The van der Waals surface area contributed by atoms with Crippen molar-refractivity contribution in [3.8, 4) is 0 Å². The highest BCUT2D eigenvalue weighted by Gasteiger charge is 2.31. The van der Waals surface area contributed by atoms with Gasteiger partial charge in [-0.1, -0.05) is 20.8 Å². The fraction of sp³-hybridized carbons (Fsp3) is 0.733. The van der Waals surface area contributed by atoms with Crippen LogP contribution in [-0.2, 0) is 6.54 Å². The molecule has 1 aliphatic heterocycles. The average Bonchev–Trinajstić information content (AvgIpc) is 2.78. The maximum atomic E-state index is 5.90. The first-order valence-electron chi connectivity index (χ1n) is 7.42. The average molecular weight is 262 g/mol. The molecule has 0 spiro atoms. The predicted octanol–water partition coefficient (Wildman–Crippen LogP) is 2.83. The van der Waals surface area contributed by atoms with Crippen LogP contribution >= 0.6 is 0 Å². The zero-order chi connectivity index (χ0) is 14.0. The Hall–Kier alpha value is -1.16. The van der Waals surface area contributed by atoms with Gasteiger partial charge >= 0.3 is 0 Å². The van der Waals surface area contributed by atoms with Crippen molar-refractivity contribution in [1.82, 2.24) is 9.97 Å². The lowest BCUT2D eigenvalue weighted by molar-refractivity contribution is 0.619. The molecule has 2 N–H and O–H groups in total. The summed E-state index contributed by atoms with van der Waals surface area (Å²) in [4.78, 5) is 11.7. The van der Waals surface area contributed by atoms with Crippen molar-refractivity contribution in [3.63, 3.8) is 0 Å². The summed E-state index contributed by atoms with van der Waals surface area (Å²) in [6.45, 7) is 9.25. The Kier molecular flexibility index (Phi) is 4.40. The van der Waals surface area contributed by atoms with Gasteiger partial charge in [-0.3, -0.25) is 0 Å². The summed E-state index contributed by atoms with van der Waals surface area (Å²) in [6.07, 6.45) is 5.65. The molecule has 0 radical (unpaired) electrons. The number of anilines is 1. The Morgan fingerprint density at radius 1 is 1.42 bits per heavy atom. The molecule has 1 aromatic rings. The molecule has 2 heterocycles. The normalized spacial score (nSPS) is 23.4. The fourth-order valence-corrected chi connectivity index (χ4v) is 2.98. The molecular formula is C15H26N4. The Morgan fingerprint density at radius 3 is 2.74 bits per heavy atom. The lowest BCUT2D eigenvalue weighted by Gasteiger charge is -2.31. The van der Waals surface area contributed by atoms with Crippen LogP contribution in [0.3, 0.4) is 0 Å². The van der Waals surface area contributed by atoms with Gasteiger partial charge in [-0.2, -0.15) is 0 Å². The van der Waals surface area contributed by atoms with Crippen LogP contribution in [0.2, 0.25) is 0 Å². The van der Waals surface area contributed by atoms with Crippen molar-refractivity contribution in [2.24, 2.45) is 5.73 Å². The van der Waals surface area contributed by atoms with E-state index in [4.69, 9.17) is 5.73 Å². The lowest BCUT2D eigenvalue weighted by Crippen LogP contribution is -2.35. The molecule has 2 unspecified atom stereocenters. The summed E-state index contributed by atoms with van der Waals surface area (Å²) in [5, 5.41) is 0. The highest BCUT2D eigenvalue weighted by molar-refractivity contribution is 5.52. The number of nitrogens with two attached hydrogens (primary N) is 1. The lowest BCUT2D eigenvalue weighted by atomic mass is 10.1. The van der Waals surface area contributed by atoms with Gasteiger partial charge in [0, 0.05) is 24.5 Å². The van der Waals surface area contributed by atoms with E-state index in [0.717, 1.165) is 17.2 Å². The molecule has 4 heteroatoms. The number of rotatable bonds is 4. The molecule has 0 aromatic carbocycles. The van der Waals surface area contributed by atoms with Crippen molar-refractivity contribution in [2.45, 2.75) is 71.5 Å². The summed E-state index contributed by atoms with van der Waals surface area (Å²) in [5.74, 6) is 1.24. The number of nitrogens with zero attached hydrogens (tertiary/aromatic N) is 3. The van der Waals surface area contributed by atoms with Gasteiger partial charge in [0.1, 0.15) is 5.82 Å². The van der Waals surface area contributed by atoms with Crippen LogP contribution in [0, 0.1) is 0 Å². The number of aromatic nitrogens is 2. The number of hydrogen-bond donors (Lipinski definition) is 1. The van der Waals surface area contributed by atoms with Crippen LogP contribution in [0.15, 0.2) is 6.20 Å². The SMILES string of the molecule is CCC1CCC(C)N1c1cnc(C(C)C)nc1CN. The molecule has 1 saturated heterocycles. The van der Waals surface area contributed by atoms with E-state index >= 15 is 0 Å². The molecule has 2 rings (SSSR count). The van der Waals surface area contributed by atoms with Gasteiger partial charge in [0.05, 0.1) is 17.6 Å². The minimum absolute atomic E-state index is 0.345. The second-order valence-electron chi connectivity index (χ2n) is 5.81. The van der Waals surface area contributed by atoms with Crippen LogP contribution in [0.4, 0.5) is 5.69 Å². The molecule has 106 valence electrons. The first kappa shape index (κ1) is 14.3. The second-order valence-corrected chi connectivity index (χ2v) is 5.81. The Balaban J connectivity index is 2.38. The van der Waals surface area contributed by atoms with Gasteiger partial charge in [0.25, 0.3) is 0 Å². The van der Waals surface area contributed by atoms with Crippen molar-refractivity contribution >= 4 is 5.69 Å². The van der Waals surface area contributed by atoms with E-state index in [1.807, 2.05) is 6.20 Å². The Bertz CT molecular complexity index is 430. The highest BCUT2D eigenvalue weighted by atomic mass is 15.2. The molecule has 0 aliphatic carbocycles. The van der Waals surface area contributed by atoms with Gasteiger partial charge in [0.15, 0.2) is 0 Å². The summed E-state index contributed by atoms with van der Waals surface area (Å²) >= 11 is 0. The van der Waals surface area contributed by atoms with Crippen molar-refractivity contribution in [3.05, 3.63) is 17.7 Å². The monoisotopic (exact) mass is 262 g/mol. The quantitative estimate of drug-likeness (QED) is 0.906. The van der Waals surface area contributed by atoms with Crippen molar-refractivity contribution in [2.75, 3.05) is 4.90 Å². The Morgan fingerprint density at radius 2 is 2.16 bits per heavy atom. The van der Waals surface area contributed by atoms with Crippen LogP contribution in [-0.4, -0.2) is 22.1 Å². The second kappa shape index (κ2) is 5.87. The zero-order valence-electron chi connectivity index (χ0n) is 12.6. The molecule has 2 atom stereocenters. The molecule has 0 saturated carbocycles. The largest absolute Gasteiger partial charge is 0.363 e. The molecule has 1 fully saturated rings. The standard InChI is InChI=1S/C15H26N4/c1-5-12-7-6-11(4)19(12)14-9-17-15(10(2)3)18-13(14)8-16/h9-12H,5-8,16H2,1-4H3. The number of hydrogen-bond acceptors (Lipinski definition) is 4. The van der Waals surface area contributed by atoms with Crippen molar-refractivity contribution in [1.29, 1.82) is 0 Å². The molecular weight excluding hydrogens is 236 g/mol. The van der Waals surface area contributed by atoms with Gasteiger partial charge in [-0.15, -0.1) is 0 Å². The minimum Gasteiger partial charge on any atom is -0.363 e. The first-order valence-corrected chi connectivity index (χ1v) is 7.42. The zero-order valence-corrected chi connectivity index (χ0v) is 12.6. The molecule has 0 amide bonds. The van der Waals surface area contributed by atoms with E-state index in [0.29, 0.717) is 24.5 Å². The van der Waals surface area contributed by atoms with Gasteiger partial charge < -0.3 is 10.6 Å². The van der Waals surface area contributed by atoms with E-state index in [1.165, 1.54) is 19.3 Å². The highest BCUT2D eigenvalue weighted by Crippen LogP contribution is 2.33. The van der Waals surface area contributed by atoms with E-state index in [2.05, 4.69) is 42.6 Å². The molecule has 1 aromatic heterocycles. The maximum Gasteiger partial charge on any atom is 0.131 e. The molecule has 19 heavy (non-hydrogen) atoms. The predicted molar refractivity (Wildman–Crippen MR) is 79.3 cm³/mol. The van der Waals surface area contributed by atoms with Gasteiger partial charge in [-0.05, 0) is 26.2 Å². The van der Waals surface area contributed by atoms with E-state index < -0.39 is 0 Å². The summed E-state index contributed by atoms with van der Waals surface area (Å²) in [7, 11) is 0. The van der Waals surface area contributed by atoms with Gasteiger partial charge in [0.2, 0.25) is 0 Å². The topological polar surface area (TPSA) is 55.0 Å². The summed E-state index contributed by atoms with van der Waals surface area (Å²) < 4.78 is 0. The third-order valence-corrected chi connectivity index (χ3v) is 4.11. The van der Waals surface area contributed by atoms with Crippen LogP contribution in [0.25, 0.3) is 0 Å². The fourth-order valence-electron chi connectivity index (χ4n) is 2.98. The molecule has 1 aliphatic rings. The minimum atomic E-state index is 0.345. The third kappa shape index (κ3) is 2.73. The Labute approximate surface area is 116 Å². The summed E-state index contributed by atoms with van der Waals surface area (Å²) in [6, 6.07) is 1.16. The van der Waals surface area contributed by atoms with Crippen LogP contribution in [0.1, 0.15) is 64.4 Å². The molecule has 0 bridgehead atoms.